The molecule has 1 amide bonds. The highest BCUT2D eigenvalue weighted by molar-refractivity contribution is 7.99. The summed E-state index contributed by atoms with van der Waals surface area (Å²) in [6.45, 7) is 0. The standard InChI is InChI=1S/C18H14ClF3N4O2S/c1-28-14-8-3-2-7-13(14)26-10-23-25-17(26)29-9-15(27)24-16-11(18(20,21)22)5-4-6-12(16)19/h2-8,10H,9H2,1H3,(H,24,27). The van der Waals surface area contributed by atoms with Gasteiger partial charge in [0.2, 0.25) is 5.91 Å². The highest BCUT2D eigenvalue weighted by atomic mass is 35.5. The van der Waals surface area contributed by atoms with Gasteiger partial charge in [-0.05, 0) is 24.3 Å². The zero-order valence-electron chi connectivity index (χ0n) is 14.9. The molecule has 11 heteroatoms. The van der Waals surface area contributed by atoms with Crippen LogP contribution in [0.25, 0.3) is 5.69 Å². The van der Waals surface area contributed by atoms with Crippen molar-refractivity contribution in [2.24, 2.45) is 0 Å². The van der Waals surface area contributed by atoms with Crippen LogP contribution in [0.4, 0.5) is 18.9 Å². The lowest BCUT2D eigenvalue weighted by molar-refractivity contribution is -0.137. The maximum Gasteiger partial charge on any atom is 0.418 e. The molecule has 29 heavy (non-hydrogen) atoms. The molecule has 0 fully saturated rings. The van der Waals surface area contributed by atoms with Gasteiger partial charge in [-0.3, -0.25) is 9.36 Å². The van der Waals surface area contributed by atoms with Crippen LogP contribution in [0.2, 0.25) is 5.02 Å². The Morgan fingerprint density at radius 2 is 2.00 bits per heavy atom. The minimum Gasteiger partial charge on any atom is -0.495 e. The van der Waals surface area contributed by atoms with Crippen molar-refractivity contribution in [2.45, 2.75) is 11.3 Å². The molecule has 1 heterocycles. The van der Waals surface area contributed by atoms with Gasteiger partial charge in [0.05, 0.1) is 34.8 Å². The van der Waals surface area contributed by atoms with Crippen molar-refractivity contribution in [1.82, 2.24) is 14.8 Å². The van der Waals surface area contributed by atoms with E-state index in [2.05, 4.69) is 15.5 Å². The number of nitrogens with zero attached hydrogens (tertiary/aromatic N) is 3. The van der Waals surface area contributed by atoms with E-state index in [0.29, 0.717) is 16.6 Å². The van der Waals surface area contributed by atoms with Crippen molar-refractivity contribution < 1.29 is 22.7 Å². The largest absolute Gasteiger partial charge is 0.495 e. The Hall–Kier alpha value is -2.72. The number of anilines is 1. The second-order valence-corrected chi connectivity index (χ2v) is 7.00. The maximum absolute atomic E-state index is 13.2. The fourth-order valence-corrected chi connectivity index (χ4v) is 3.45. The van der Waals surface area contributed by atoms with Gasteiger partial charge < -0.3 is 10.1 Å². The van der Waals surface area contributed by atoms with Gasteiger partial charge in [-0.1, -0.05) is 41.6 Å². The molecule has 0 atom stereocenters. The molecule has 0 spiro atoms. The molecule has 3 aromatic rings. The van der Waals surface area contributed by atoms with E-state index >= 15 is 0 Å². The summed E-state index contributed by atoms with van der Waals surface area (Å²) in [5.74, 6) is -0.288. The SMILES string of the molecule is COc1ccccc1-n1cnnc1SCC(=O)Nc1c(Cl)cccc1C(F)(F)F. The van der Waals surface area contributed by atoms with Crippen LogP contribution in [0.1, 0.15) is 5.56 Å². The van der Waals surface area contributed by atoms with Gasteiger partial charge in [-0.15, -0.1) is 10.2 Å². The summed E-state index contributed by atoms with van der Waals surface area (Å²) in [6.07, 6.45) is -3.20. The van der Waals surface area contributed by atoms with Crippen LogP contribution in [0.3, 0.4) is 0 Å². The number of rotatable bonds is 6. The molecular weight excluding hydrogens is 429 g/mol. The molecule has 1 aromatic heterocycles. The number of aromatic nitrogens is 3. The third-order valence-electron chi connectivity index (χ3n) is 3.78. The minimum atomic E-state index is -4.65. The number of hydrogen-bond acceptors (Lipinski definition) is 5. The van der Waals surface area contributed by atoms with E-state index < -0.39 is 23.3 Å². The first kappa shape index (κ1) is 21.0. The minimum absolute atomic E-state index is 0.198. The Bertz CT molecular complexity index is 1030. The van der Waals surface area contributed by atoms with Crippen LogP contribution in [0.5, 0.6) is 5.75 Å². The summed E-state index contributed by atoms with van der Waals surface area (Å²) in [5, 5.41) is 10.2. The lowest BCUT2D eigenvalue weighted by Gasteiger charge is -2.15. The summed E-state index contributed by atoms with van der Waals surface area (Å²) in [6, 6.07) is 10.4. The van der Waals surface area contributed by atoms with Crippen LogP contribution in [-0.2, 0) is 11.0 Å². The summed E-state index contributed by atoms with van der Waals surface area (Å²) in [4.78, 5) is 12.3. The van der Waals surface area contributed by atoms with Gasteiger partial charge in [0, 0.05) is 0 Å². The second-order valence-electron chi connectivity index (χ2n) is 5.65. The Morgan fingerprint density at radius 3 is 2.72 bits per heavy atom. The molecule has 0 aliphatic heterocycles. The molecule has 1 N–H and O–H groups in total. The summed E-state index contributed by atoms with van der Waals surface area (Å²) >= 11 is 6.87. The third kappa shape index (κ3) is 4.83. The Morgan fingerprint density at radius 1 is 1.24 bits per heavy atom. The average Bonchev–Trinajstić information content (AvgIpc) is 3.15. The van der Waals surface area contributed by atoms with Crippen molar-refractivity contribution in [2.75, 3.05) is 18.2 Å². The Labute approximate surface area is 173 Å². The summed E-state index contributed by atoms with van der Waals surface area (Å²) in [7, 11) is 1.52. The summed E-state index contributed by atoms with van der Waals surface area (Å²) in [5.41, 5.74) is -0.827. The van der Waals surface area contributed by atoms with E-state index in [0.717, 1.165) is 17.8 Å². The average molecular weight is 443 g/mol. The lowest BCUT2D eigenvalue weighted by Crippen LogP contribution is -2.18. The molecule has 0 radical (unpaired) electrons. The fraction of sp³-hybridized carbons (Fsp3) is 0.167. The van der Waals surface area contributed by atoms with Gasteiger partial charge >= 0.3 is 6.18 Å². The number of para-hydroxylation sites is 3. The Kier molecular flexibility index (Phi) is 6.33. The monoisotopic (exact) mass is 442 g/mol. The van der Waals surface area contributed by atoms with Crippen molar-refractivity contribution in [3.8, 4) is 11.4 Å². The number of methoxy groups -OCH3 is 1. The zero-order chi connectivity index (χ0) is 21.0. The molecule has 2 aromatic carbocycles. The van der Waals surface area contributed by atoms with Crippen LogP contribution in [-0.4, -0.2) is 33.5 Å². The highest BCUT2D eigenvalue weighted by Gasteiger charge is 2.34. The number of carbonyl (C=O) groups is 1. The number of halogens is 4. The van der Waals surface area contributed by atoms with Crippen LogP contribution >= 0.6 is 23.4 Å². The first-order valence-electron chi connectivity index (χ1n) is 8.13. The summed E-state index contributed by atoms with van der Waals surface area (Å²) < 4.78 is 46.4. The van der Waals surface area contributed by atoms with E-state index in [9.17, 15) is 18.0 Å². The molecule has 0 saturated carbocycles. The number of thioether (sulfide) groups is 1. The number of hydrogen-bond donors (Lipinski definition) is 1. The van der Waals surface area contributed by atoms with Gasteiger partial charge in [0.1, 0.15) is 12.1 Å². The Balaban J connectivity index is 1.75. The molecule has 6 nitrogen and oxygen atoms in total. The van der Waals surface area contributed by atoms with E-state index in [4.69, 9.17) is 16.3 Å². The van der Waals surface area contributed by atoms with Gasteiger partial charge in [-0.25, -0.2) is 0 Å². The van der Waals surface area contributed by atoms with Crippen molar-refractivity contribution in [3.63, 3.8) is 0 Å². The lowest BCUT2D eigenvalue weighted by atomic mass is 10.1. The normalized spacial score (nSPS) is 11.3. The van der Waals surface area contributed by atoms with Crippen molar-refractivity contribution in [3.05, 3.63) is 59.4 Å². The third-order valence-corrected chi connectivity index (χ3v) is 5.04. The number of nitrogens with one attached hydrogen (secondary N) is 1. The van der Waals surface area contributed by atoms with Crippen LogP contribution in [0.15, 0.2) is 53.9 Å². The van der Waals surface area contributed by atoms with Crippen LogP contribution < -0.4 is 10.1 Å². The van der Waals surface area contributed by atoms with E-state index in [1.165, 1.54) is 25.6 Å². The predicted molar refractivity (Wildman–Crippen MR) is 104 cm³/mol. The van der Waals surface area contributed by atoms with Crippen molar-refractivity contribution in [1.29, 1.82) is 0 Å². The fourth-order valence-electron chi connectivity index (χ4n) is 2.51. The molecule has 0 aliphatic rings. The van der Waals surface area contributed by atoms with Gasteiger partial charge in [-0.2, -0.15) is 13.2 Å². The number of ether oxygens (including phenoxy) is 1. The highest BCUT2D eigenvalue weighted by Crippen LogP contribution is 2.38. The molecule has 152 valence electrons. The molecule has 0 bridgehead atoms. The number of benzene rings is 2. The topological polar surface area (TPSA) is 69.0 Å². The molecule has 3 rings (SSSR count). The molecule has 0 unspecified atom stereocenters. The number of alkyl halides is 3. The molecule has 0 saturated heterocycles. The zero-order valence-corrected chi connectivity index (χ0v) is 16.5. The van der Waals surface area contributed by atoms with E-state index in [1.54, 1.807) is 28.8 Å². The number of carbonyl (C=O) groups excluding carboxylic acids is 1. The van der Waals surface area contributed by atoms with Crippen LogP contribution in [0, 0.1) is 0 Å². The second kappa shape index (κ2) is 8.75. The predicted octanol–water partition coefficient (Wildman–Crippen LogP) is 4.68. The van der Waals surface area contributed by atoms with E-state index in [1.807, 2.05) is 0 Å². The smallest absolute Gasteiger partial charge is 0.418 e. The quantitative estimate of drug-likeness (QED) is 0.561. The maximum atomic E-state index is 13.2. The van der Waals surface area contributed by atoms with Crippen molar-refractivity contribution >= 4 is 35.0 Å². The first-order chi connectivity index (χ1) is 13.8. The molecule has 0 aliphatic carbocycles. The van der Waals surface area contributed by atoms with Gasteiger partial charge in [0.15, 0.2) is 5.16 Å². The first-order valence-corrected chi connectivity index (χ1v) is 9.49. The van der Waals surface area contributed by atoms with E-state index in [-0.39, 0.29) is 10.8 Å². The number of amides is 1. The van der Waals surface area contributed by atoms with Gasteiger partial charge in [0.25, 0.3) is 0 Å². The molecular formula is C18H14ClF3N4O2S.